The first-order chi connectivity index (χ1) is 13.5. The van der Waals surface area contributed by atoms with Gasteiger partial charge < -0.3 is 14.8 Å². The molecule has 2 atom stereocenters. The maximum atomic E-state index is 13.0. The molecule has 0 saturated heterocycles. The summed E-state index contributed by atoms with van der Waals surface area (Å²) < 4.78 is 6.43. The molecule has 0 radical (unpaired) electrons. The summed E-state index contributed by atoms with van der Waals surface area (Å²) in [6.07, 6.45) is 1.14. The van der Waals surface area contributed by atoms with Gasteiger partial charge in [-0.05, 0) is 54.8 Å². The Morgan fingerprint density at radius 1 is 1.29 bits per heavy atom. The molecule has 6 heteroatoms. The quantitative estimate of drug-likeness (QED) is 0.516. The van der Waals surface area contributed by atoms with Crippen LogP contribution in [0.4, 0.5) is 0 Å². The number of aromatic nitrogens is 1. The number of aromatic hydroxyl groups is 1. The first kappa shape index (κ1) is 19.0. The number of nitrogens with one attached hydrogen (secondary N) is 2. The normalized spacial score (nSPS) is 21.5. The standard InChI is InChI=1S/C22H23BrN2O3/c1-3-22(21(27)28-4-2)12-17-16-11-14(23)8-9-18(16)24-20(17)19(25-22)13-6-5-7-15(26)10-13/h5-11,19,24-26H,3-4,12H2,1-2H3. The van der Waals surface area contributed by atoms with Crippen LogP contribution in [-0.4, -0.2) is 28.2 Å². The molecule has 0 spiro atoms. The van der Waals surface area contributed by atoms with Crippen molar-refractivity contribution in [1.82, 2.24) is 10.3 Å². The Morgan fingerprint density at radius 2 is 2.11 bits per heavy atom. The molecule has 1 aliphatic heterocycles. The third kappa shape index (κ3) is 3.10. The van der Waals surface area contributed by atoms with Crippen LogP contribution in [0.2, 0.25) is 0 Å². The Balaban J connectivity index is 1.93. The van der Waals surface area contributed by atoms with Crippen LogP contribution in [0.1, 0.15) is 43.1 Å². The monoisotopic (exact) mass is 442 g/mol. The summed E-state index contributed by atoms with van der Waals surface area (Å²) in [6.45, 7) is 4.16. The Hall–Kier alpha value is -2.31. The van der Waals surface area contributed by atoms with Crippen LogP contribution in [0.5, 0.6) is 5.75 Å². The van der Waals surface area contributed by atoms with Crippen molar-refractivity contribution in [3.8, 4) is 5.75 Å². The van der Waals surface area contributed by atoms with Gasteiger partial charge in [0.2, 0.25) is 0 Å². The first-order valence-electron chi connectivity index (χ1n) is 9.51. The number of H-pyrrole nitrogens is 1. The second-order valence-electron chi connectivity index (χ2n) is 7.21. The Bertz CT molecular complexity index is 1050. The highest BCUT2D eigenvalue weighted by atomic mass is 79.9. The second-order valence-corrected chi connectivity index (χ2v) is 8.13. The summed E-state index contributed by atoms with van der Waals surface area (Å²) in [5, 5.41) is 14.7. The van der Waals surface area contributed by atoms with E-state index in [0.29, 0.717) is 19.4 Å². The smallest absolute Gasteiger partial charge is 0.326 e. The lowest BCUT2D eigenvalue weighted by Gasteiger charge is -2.40. The predicted molar refractivity (Wildman–Crippen MR) is 112 cm³/mol. The molecule has 0 aliphatic carbocycles. The van der Waals surface area contributed by atoms with Crippen LogP contribution in [0.3, 0.4) is 0 Å². The van der Waals surface area contributed by atoms with Gasteiger partial charge in [-0.1, -0.05) is 35.0 Å². The number of esters is 1. The van der Waals surface area contributed by atoms with E-state index in [4.69, 9.17) is 4.74 Å². The van der Waals surface area contributed by atoms with Crippen LogP contribution < -0.4 is 5.32 Å². The van der Waals surface area contributed by atoms with E-state index in [-0.39, 0.29) is 17.8 Å². The number of rotatable bonds is 4. The zero-order valence-corrected chi connectivity index (χ0v) is 17.5. The summed E-state index contributed by atoms with van der Waals surface area (Å²) in [5.74, 6) is -0.0406. The highest BCUT2D eigenvalue weighted by Crippen LogP contribution is 2.41. The SMILES string of the molecule is CCOC(=O)C1(CC)Cc2c([nH]c3ccc(Br)cc23)C(c2cccc(O)c2)N1. The molecule has 2 heterocycles. The van der Waals surface area contributed by atoms with Crippen molar-refractivity contribution in [1.29, 1.82) is 0 Å². The van der Waals surface area contributed by atoms with Crippen molar-refractivity contribution in [2.75, 3.05) is 6.61 Å². The average molecular weight is 443 g/mol. The lowest BCUT2D eigenvalue weighted by molar-refractivity contribution is -0.152. The summed E-state index contributed by atoms with van der Waals surface area (Å²) >= 11 is 3.56. The van der Waals surface area contributed by atoms with Gasteiger partial charge in [0.1, 0.15) is 11.3 Å². The number of ether oxygens (including phenoxy) is 1. The van der Waals surface area contributed by atoms with Crippen LogP contribution in [0.25, 0.3) is 10.9 Å². The van der Waals surface area contributed by atoms with E-state index >= 15 is 0 Å². The zero-order chi connectivity index (χ0) is 19.9. The molecule has 0 fully saturated rings. The summed E-state index contributed by atoms with van der Waals surface area (Å²) in [5.41, 5.74) is 3.23. The summed E-state index contributed by atoms with van der Waals surface area (Å²) in [4.78, 5) is 16.5. The van der Waals surface area contributed by atoms with E-state index in [1.807, 2.05) is 38.1 Å². The van der Waals surface area contributed by atoms with Crippen LogP contribution in [-0.2, 0) is 16.0 Å². The zero-order valence-electron chi connectivity index (χ0n) is 15.9. The van der Waals surface area contributed by atoms with Gasteiger partial charge in [-0.25, -0.2) is 0 Å². The van der Waals surface area contributed by atoms with E-state index in [0.717, 1.165) is 32.2 Å². The van der Waals surface area contributed by atoms with E-state index in [1.165, 1.54) is 0 Å². The highest BCUT2D eigenvalue weighted by Gasteiger charge is 2.46. The van der Waals surface area contributed by atoms with E-state index < -0.39 is 5.54 Å². The molecule has 2 unspecified atom stereocenters. The Morgan fingerprint density at radius 3 is 2.82 bits per heavy atom. The molecule has 146 valence electrons. The predicted octanol–water partition coefficient (Wildman–Crippen LogP) is 4.58. The van der Waals surface area contributed by atoms with Crippen molar-refractivity contribution >= 4 is 32.8 Å². The fourth-order valence-electron chi connectivity index (χ4n) is 4.10. The number of phenolic OH excluding ortho intramolecular Hbond substituents is 1. The molecule has 1 aliphatic rings. The Labute approximate surface area is 172 Å². The number of aromatic amines is 1. The van der Waals surface area contributed by atoms with E-state index in [1.54, 1.807) is 12.1 Å². The minimum atomic E-state index is -0.823. The third-order valence-electron chi connectivity index (χ3n) is 5.56. The van der Waals surface area contributed by atoms with E-state index in [2.05, 4.69) is 32.3 Å². The maximum Gasteiger partial charge on any atom is 0.326 e. The summed E-state index contributed by atoms with van der Waals surface area (Å²) in [6, 6.07) is 13.0. The van der Waals surface area contributed by atoms with Crippen LogP contribution in [0, 0.1) is 0 Å². The molecule has 5 nitrogen and oxygen atoms in total. The van der Waals surface area contributed by atoms with Crippen molar-refractivity contribution in [2.45, 2.75) is 38.3 Å². The van der Waals surface area contributed by atoms with Gasteiger partial charge >= 0.3 is 5.97 Å². The van der Waals surface area contributed by atoms with Gasteiger partial charge in [-0.15, -0.1) is 0 Å². The number of halogens is 1. The van der Waals surface area contributed by atoms with Crippen molar-refractivity contribution < 1.29 is 14.6 Å². The lowest BCUT2D eigenvalue weighted by Crippen LogP contribution is -2.58. The molecule has 0 bridgehead atoms. The van der Waals surface area contributed by atoms with Crippen LogP contribution in [0.15, 0.2) is 46.9 Å². The average Bonchev–Trinajstić information content (AvgIpc) is 3.05. The fourth-order valence-corrected chi connectivity index (χ4v) is 4.47. The van der Waals surface area contributed by atoms with Gasteiger partial charge in [0, 0.05) is 27.5 Å². The molecule has 28 heavy (non-hydrogen) atoms. The molecule has 0 saturated carbocycles. The second kappa shape index (κ2) is 7.26. The Kier molecular flexibility index (Phi) is 4.93. The molecule has 3 N–H and O–H groups in total. The molecule has 2 aromatic carbocycles. The number of carbonyl (C=O) groups is 1. The minimum absolute atomic E-state index is 0.198. The van der Waals surface area contributed by atoms with Gasteiger partial charge in [0.25, 0.3) is 0 Å². The first-order valence-corrected chi connectivity index (χ1v) is 10.3. The van der Waals surface area contributed by atoms with E-state index in [9.17, 15) is 9.90 Å². The van der Waals surface area contributed by atoms with Gasteiger partial charge in [0.05, 0.1) is 12.6 Å². The number of hydrogen-bond donors (Lipinski definition) is 3. The van der Waals surface area contributed by atoms with Crippen molar-refractivity contribution in [3.63, 3.8) is 0 Å². The number of benzene rings is 2. The number of hydrogen-bond acceptors (Lipinski definition) is 4. The maximum absolute atomic E-state index is 13.0. The molecule has 4 rings (SSSR count). The number of phenols is 1. The van der Waals surface area contributed by atoms with Crippen LogP contribution >= 0.6 is 15.9 Å². The lowest BCUT2D eigenvalue weighted by atomic mass is 9.80. The van der Waals surface area contributed by atoms with Gasteiger partial charge in [0.15, 0.2) is 0 Å². The molecule has 3 aromatic rings. The summed E-state index contributed by atoms with van der Waals surface area (Å²) in [7, 11) is 0. The molecule has 1 aromatic heterocycles. The third-order valence-corrected chi connectivity index (χ3v) is 6.06. The fraction of sp³-hybridized carbons (Fsp3) is 0.318. The highest BCUT2D eigenvalue weighted by molar-refractivity contribution is 9.10. The molecular formula is C22H23BrN2O3. The van der Waals surface area contributed by atoms with Gasteiger partial charge in [-0.3, -0.25) is 10.1 Å². The van der Waals surface area contributed by atoms with Gasteiger partial charge in [-0.2, -0.15) is 0 Å². The molecular weight excluding hydrogens is 420 g/mol. The topological polar surface area (TPSA) is 74.4 Å². The number of fused-ring (bicyclic) bond motifs is 3. The van der Waals surface area contributed by atoms with Crippen molar-refractivity contribution in [3.05, 3.63) is 63.8 Å². The minimum Gasteiger partial charge on any atom is -0.508 e. The largest absolute Gasteiger partial charge is 0.508 e. The molecule has 0 amide bonds. The van der Waals surface area contributed by atoms with Crippen molar-refractivity contribution in [2.24, 2.45) is 0 Å². The number of carbonyl (C=O) groups excluding carboxylic acids is 1.